The van der Waals surface area contributed by atoms with Gasteiger partial charge in [0, 0.05) is 46.3 Å². The van der Waals surface area contributed by atoms with Gasteiger partial charge in [0.15, 0.2) is 0 Å². The summed E-state index contributed by atoms with van der Waals surface area (Å²) in [6.07, 6.45) is 1.69. The highest BCUT2D eigenvalue weighted by molar-refractivity contribution is 7.84. The lowest BCUT2D eigenvalue weighted by molar-refractivity contribution is 0.0991. The number of ether oxygens (including phenoxy) is 2. The van der Waals surface area contributed by atoms with Crippen LogP contribution in [0.25, 0.3) is 0 Å². The smallest absolute Gasteiger partial charge is 0.255 e. The molecule has 0 radical (unpaired) electrons. The number of carbonyl (C=O) groups excluding carboxylic acids is 1. The van der Waals surface area contributed by atoms with Crippen molar-refractivity contribution in [2.45, 2.75) is 37.7 Å². The van der Waals surface area contributed by atoms with Crippen LogP contribution >= 0.6 is 0 Å². The maximum absolute atomic E-state index is 12.6. The molecule has 1 fully saturated rings. The fourth-order valence-electron chi connectivity index (χ4n) is 3.27. The first-order valence-electron chi connectivity index (χ1n) is 9.65. The summed E-state index contributed by atoms with van der Waals surface area (Å²) in [5.74, 6) is 1.11. The van der Waals surface area contributed by atoms with Crippen molar-refractivity contribution in [2.75, 3.05) is 25.1 Å². The van der Waals surface area contributed by atoms with Crippen molar-refractivity contribution in [3.8, 4) is 5.75 Å². The molecule has 1 unspecified atom stereocenters. The number of anilines is 1. The van der Waals surface area contributed by atoms with Crippen LogP contribution in [0.1, 0.15) is 41.3 Å². The Hall–Kier alpha value is -2.18. The molecule has 1 saturated heterocycles. The minimum Gasteiger partial charge on any atom is -0.494 e. The van der Waals surface area contributed by atoms with Gasteiger partial charge >= 0.3 is 0 Å². The fraction of sp³-hybridized carbons (Fsp3) is 0.409. The maximum Gasteiger partial charge on any atom is 0.255 e. The van der Waals surface area contributed by atoms with E-state index < -0.39 is 10.8 Å². The van der Waals surface area contributed by atoms with Crippen molar-refractivity contribution in [2.24, 2.45) is 0 Å². The summed E-state index contributed by atoms with van der Waals surface area (Å²) < 4.78 is 23.5. The van der Waals surface area contributed by atoms with E-state index in [-0.39, 0.29) is 11.2 Å². The normalized spacial score (nSPS) is 15.8. The van der Waals surface area contributed by atoms with Crippen molar-refractivity contribution < 1.29 is 18.5 Å². The van der Waals surface area contributed by atoms with Gasteiger partial charge in [0.05, 0.1) is 6.61 Å². The molecule has 0 spiro atoms. The van der Waals surface area contributed by atoms with Gasteiger partial charge in [-0.2, -0.15) is 0 Å². The fourth-order valence-corrected chi connectivity index (χ4v) is 4.73. The molecule has 1 aliphatic rings. The Balaban J connectivity index is 1.64. The van der Waals surface area contributed by atoms with E-state index in [2.05, 4.69) is 5.32 Å². The van der Waals surface area contributed by atoms with Crippen LogP contribution in [0.3, 0.4) is 0 Å². The second-order valence-corrected chi connectivity index (χ2v) is 8.62. The summed E-state index contributed by atoms with van der Waals surface area (Å²) >= 11 is 0. The molecule has 0 bridgehead atoms. The van der Waals surface area contributed by atoms with Crippen molar-refractivity contribution >= 4 is 22.4 Å². The lowest BCUT2D eigenvalue weighted by atomic mass is 10.1. The minimum absolute atomic E-state index is 0.172. The van der Waals surface area contributed by atoms with Gasteiger partial charge in [-0.15, -0.1) is 0 Å². The SMILES string of the molecule is CCOc1ccc(C(=O)Nc2cccc(CS(=O)C3CCOCC3)c2)cc1C. The standard InChI is InChI=1S/C22H27NO4S/c1-3-27-21-8-7-18(13-16(21)2)22(24)23-19-6-4-5-17(14-19)15-28(25)20-9-11-26-12-10-20/h4-8,13-14,20H,3,9-12,15H2,1-2H3,(H,23,24). The van der Waals surface area contributed by atoms with E-state index in [0.29, 0.717) is 36.8 Å². The zero-order chi connectivity index (χ0) is 19.9. The second kappa shape index (κ2) is 9.85. The van der Waals surface area contributed by atoms with Crippen LogP contribution in [0, 0.1) is 6.92 Å². The number of aryl methyl sites for hydroxylation is 1. The van der Waals surface area contributed by atoms with E-state index >= 15 is 0 Å². The number of hydrogen-bond acceptors (Lipinski definition) is 4. The Bertz CT molecular complexity index is 846. The number of nitrogens with one attached hydrogen (secondary N) is 1. The third-order valence-corrected chi connectivity index (χ3v) is 6.60. The van der Waals surface area contributed by atoms with Crippen molar-refractivity contribution in [3.05, 3.63) is 59.2 Å². The van der Waals surface area contributed by atoms with Gasteiger partial charge in [-0.3, -0.25) is 9.00 Å². The Morgan fingerprint density at radius 1 is 1.21 bits per heavy atom. The highest BCUT2D eigenvalue weighted by atomic mass is 32.2. The topological polar surface area (TPSA) is 64.6 Å². The molecule has 0 aromatic heterocycles. The van der Waals surface area contributed by atoms with Crippen LogP contribution in [0.5, 0.6) is 5.75 Å². The number of carbonyl (C=O) groups is 1. The molecule has 0 saturated carbocycles. The van der Waals surface area contributed by atoms with Crippen molar-refractivity contribution in [1.29, 1.82) is 0 Å². The summed E-state index contributed by atoms with van der Waals surface area (Å²) in [5.41, 5.74) is 3.18. The van der Waals surface area contributed by atoms with Crippen LogP contribution in [0.4, 0.5) is 5.69 Å². The third-order valence-electron chi connectivity index (χ3n) is 4.77. The summed E-state index contributed by atoms with van der Waals surface area (Å²) in [6, 6.07) is 13.0. The second-order valence-electron chi connectivity index (χ2n) is 6.90. The first-order valence-corrected chi connectivity index (χ1v) is 11.0. The highest BCUT2D eigenvalue weighted by Gasteiger charge is 2.20. The molecule has 6 heteroatoms. The third kappa shape index (κ3) is 5.42. The molecule has 3 rings (SSSR count). The first kappa shape index (κ1) is 20.6. The highest BCUT2D eigenvalue weighted by Crippen LogP contribution is 2.21. The molecule has 1 amide bonds. The predicted molar refractivity (Wildman–Crippen MR) is 112 cm³/mol. The number of hydrogen-bond donors (Lipinski definition) is 1. The van der Waals surface area contributed by atoms with Crippen LogP contribution < -0.4 is 10.1 Å². The molecule has 5 nitrogen and oxygen atoms in total. The largest absolute Gasteiger partial charge is 0.494 e. The predicted octanol–water partition coefficient (Wildman–Crippen LogP) is 4.07. The summed E-state index contributed by atoms with van der Waals surface area (Å²) in [6.45, 7) is 5.83. The van der Waals surface area contributed by atoms with Gasteiger partial charge < -0.3 is 14.8 Å². The molecular weight excluding hydrogens is 374 g/mol. The average molecular weight is 402 g/mol. The Kier molecular flexibility index (Phi) is 7.23. The Morgan fingerprint density at radius 3 is 2.71 bits per heavy atom. The van der Waals surface area contributed by atoms with Gasteiger partial charge in [0.25, 0.3) is 5.91 Å². The van der Waals surface area contributed by atoms with Gasteiger partial charge in [0.1, 0.15) is 5.75 Å². The van der Waals surface area contributed by atoms with Gasteiger partial charge in [-0.1, -0.05) is 12.1 Å². The van der Waals surface area contributed by atoms with Crippen molar-refractivity contribution in [3.63, 3.8) is 0 Å². The van der Waals surface area contributed by atoms with E-state index in [1.165, 1.54) is 0 Å². The lowest BCUT2D eigenvalue weighted by Gasteiger charge is -2.21. The van der Waals surface area contributed by atoms with Gasteiger partial charge in [-0.05, 0) is 68.1 Å². The van der Waals surface area contributed by atoms with E-state index in [9.17, 15) is 9.00 Å². The molecule has 1 aliphatic heterocycles. The number of benzene rings is 2. The maximum atomic E-state index is 12.6. The van der Waals surface area contributed by atoms with E-state index in [0.717, 1.165) is 29.7 Å². The van der Waals surface area contributed by atoms with Gasteiger partial charge in [-0.25, -0.2) is 0 Å². The van der Waals surface area contributed by atoms with Crippen LogP contribution in [0.2, 0.25) is 0 Å². The molecule has 1 heterocycles. The molecule has 2 aromatic rings. The Morgan fingerprint density at radius 2 is 2.00 bits per heavy atom. The van der Waals surface area contributed by atoms with Crippen LogP contribution in [-0.4, -0.2) is 35.2 Å². The molecule has 1 N–H and O–H groups in total. The van der Waals surface area contributed by atoms with Gasteiger partial charge in [0.2, 0.25) is 0 Å². The molecule has 1 atom stereocenters. The van der Waals surface area contributed by atoms with Crippen molar-refractivity contribution in [1.82, 2.24) is 0 Å². The Labute approximate surface area is 168 Å². The molecule has 2 aromatic carbocycles. The van der Waals surface area contributed by atoms with Crippen LogP contribution in [0.15, 0.2) is 42.5 Å². The van der Waals surface area contributed by atoms with E-state index in [1.807, 2.05) is 50.2 Å². The summed E-state index contributed by atoms with van der Waals surface area (Å²) in [4.78, 5) is 12.6. The molecule has 0 aliphatic carbocycles. The summed E-state index contributed by atoms with van der Waals surface area (Å²) in [5, 5.41) is 3.12. The number of rotatable bonds is 7. The van der Waals surface area contributed by atoms with Crippen LogP contribution in [-0.2, 0) is 21.3 Å². The van der Waals surface area contributed by atoms with E-state index in [4.69, 9.17) is 9.47 Å². The summed E-state index contributed by atoms with van der Waals surface area (Å²) in [7, 11) is -0.929. The first-order chi connectivity index (χ1) is 13.6. The molecule has 28 heavy (non-hydrogen) atoms. The minimum atomic E-state index is -0.929. The zero-order valence-corrected chi connectivity index (χ0v) is 17.2. The number of amides is 1. The zero-order valence-electron chi connectivity index (χ0n) is 16.4. The molecular formula is C22H27NO4S. The molecule has 150 valence electrons. The average Bonchev–Trinajstić information content (AvgIpc) is 2.70. The monoisotopic (exact) mass is 401 g/mol. The van der Waals surface area contributed by atoms with E-state index in [1.54, 1.807) is 6.07 Å². The lowest BCUT2D eigenvalue weighted by Crippen LogP contribution is -2.25. The quantitative estimate of drug-likeness (QED) is 0.759.